The number of hydrogen-bond donors (Lipinski definition) is 2. The predicted octanol–water partition coefficient (Wildman–Crippen LogP) is 3.30. The van der Waals surface area contributed by atoms with Gasteiger partial charge in [0.25, 0.3) is 0 Å². The minimum atomic E-state index is -0.795. The van der Waals surface area contributed by atoms with Crippen molar-refractivity contribution in [3.05, 3.63) is 42.5 Å². The molecule has 0 saturated carbocycles. The van der Waals surface area contributed by atoms with E-state index in [1.807, 2.05) is 56.3 Å². The molecule has 3 nitrogen and oxygen atoms in total. The lowest BCUT2D eigenvalue weighted by atomic mass is 9.93. The molecule has 19 heavy (non-hydrogen) atoms. The van der Waals surface area contributed by atoms with E-state index in [1.54, 1.807) is 0 Å². The fourth-order valence-electron chi connectivity index (χ4n) is 2.15. The molecule has 0 aliphatic carbocycles. The first-order valence-corrected chi connectivity index (χ1v) is 6.69. The number of benzene rings is 2. The normalized spacial score (nSPS) is 11.5. The molecule has 100 valence electrons. The van der Waals surface area contributed by atoms with E-state index < -0.39 is 5.54 Å². The predicted molar refractivity (Wildman–Crippen MR) is 80.1 cm³/mol. The number of anilines is 1. The Morgan fingerprint density at radius 2 is 1.74 bits per heavy atom. The third-order valence-electron chi connectivity index (χ3n) is 3.75. The molecule has 0 aliphatic heterocycles. The lowest BCUT2D eigenvalue weighted by Crippen LogP contribution is -2.50. The molecule has 0 radical (unpaired) electrons. The van der Waals surface area contributed by atoms with Crippen LogP contribution in [-0.2, 0) is 4.79 Å². The average Bonchev–Trinajstić information content (AvgIpc) is 2.46. The van der Waals surface area contributed by atoms with Crippen LogP contribution in [0.4, 0.5) is 5.69 Å². The quantitative estimate of drug-likeness (QED) is 0.882. The van der Waals surface area contributed by atoms with Crippen molar-refractivity contribution in [1.29, 1.82) is 0 Å². The highest BCUT2D eigenvalue weighted by molar-refractivity contribution is 6.05. The van der Waals surface area contributed by atoms with Crippen molar-refractivity contribution in [3.63, 3.8) is 0 Å². The first-order valence-electron chi connectivity index (χ1n) is 6.69. The minimum Gasteiger partial charge on any atom is -0.324 e. The molecule has 2 aromatic rings. The Labute approximate surface area is 113 Å². The first-order chi connectivity index (χ1) is 9.10. The molecule has 0 spiro atoms. The third kappa shape index (κ3) is 2.61. The molecule has 0 heterocycles. The van der Waals surface area contributed by atoms with Crippen molar-refractivity contribution in [3.8, 4) is 0 Å². The molecular formula is C16H20N2O. The summed E-state index contributed by atoms with van der Waals surface area (Å²) in [6.45, 7) is 3.87. The van der Waals surface area contributed by atoms with E-state index in [0.29, 0.717) is 12.8 Å². The van der Waals surface area contributed by atoms with Gasteiger partial charge in [-0.3, -0.25) is 4.79 Å². The van der Waals surface area contributed by atoms with Gasteiger partial charge in [0.05, 0.1) is 5.54 Å². The SMILES string of the molecule is CCC(N)(CC)C(=O)Nc1cccc2ccccc12. The third-order valence-corrected chi connectivity index (χ3v) is 3.75. The van der Waals surface area contributed by atoms with Crippen molar-refractivity contribution in [2.75, 3.05) is 5.32 Å². The summed E-state index contributed by atoms with van der Waals surface area (Å²) in [4.78, 5) is 12.3. The fourth-order valence-corrected chi connectivity index (χ4v) is 2.15. The molecule has 2 aromatic carbocycles. The van der Waals surface area contributed by atoms with Gasteiger partial charge in [0.2, 0.25) is 5.91 Å². The molecule has 0 aliphatic rings. The smallest absolute Gasteiger partial charge is 0.244 e. The van der Waals surface area contributed by atoms with Crippen LogP contribution in [0.5, 0.6) is 0 Å². The number of carbonyl (C=O) groups excluding carboxylic acids is 1. The molecule has 3 N–H and O–H groups in total. The summed E-state index contributed by atoms with van der Waals surface area (Å²) < 4.78 is 0. The Balaban J connectivity index is 2.34. The largest absolute Gasteiger partial charge is 0.324 e. The Morgan fingerprint density at radius 3 is 2.42 bits per heavy atom. The number of carbonyl (C=O) groups is 1. The van der Waals surface area contributed by atoms with Crippen LogP contribution < -0.4 is 11.1 Å². The van der Waals surface area contributed by atoms with Crippen LogP contribution in [0.3, 0.4) is 0 Å². The van der Waals surface area contributed by atoms with E-state index in [2.05, 4.69) is 5.32 Å². The second-order valence-corrected chi connectivity index (χ2v) is 4.84. The number of amides is 1. The van der Waals surface area contributed by atoms with Crippen LogP contribution in [0.25, 0.3) is 10.8 Å². The Morgan fingerprint density at radius 1 is 1.11 bits per heavy atom. The van der Waals surface area contributed by atoms with Crippen LogP contribution in [0.1, 0.15) is 26.7 Å². The molecule has 0 atom stereocenters. The monoisotopic (exact) mass is 256 g/mol. The molecule has 0 fully saturated rings. The maximum Gasteiger partial charge on any atom is 0.244 e. The Hall–Kier alpha value is -1.87. The van der Waals surface area contributed by atoms with Gasteiger partial charge < -0.3 is 11.1 Å². The van der Waals surface area contributed by atoms with Crippen molar-refractivity contribution in [1.82, 2.24) is 0 Å². The zero-order valence-corrected chi connectivity index (χ0v) is 11.4. The Bertz CT molecular complexity index is 583. The summed E-state index contributed by atoms with van der Waals surface area (Å²) in [5.74, 6) is -0.117. The minimum absolute atomic E-state index is 0.117. The van der Waals surface area contributed by atoms with Gasteiger partial charge in [-0.15, -0.1) is 0 Å². The number of fused-ring (bicyclic) bond motifs is 1. The number of rotatable bonds is 4. The highest BCUT2D eigenvalue weighted by atomic mass is 16.2. The molecule has 0 bridgehead atoms. The van der Waals surface area contributed by atoms with Crippen LogP contribution in [0.2, 0.25) is 0 Å². The highest BCUT2D eigenvalue weighted by Gasteiger charge is 2.30. The van der Waals surface area contributed by atoms with Crippen molar-refractivity contribution >= 4 is 22.4 Å². The number of nitrogens with two attached hydrogens (primary N) is 1. The van der Waals surface area contributed by atoms with Gasteiger partial charge in [0, 0.05) is 11.1 Å². The van der Waals surface area contributed by atoms with E-state index in [4.69, 9.17) is 5.73 Å². The van der Waals surface area contributed by atoms with Gasteiger partial charge in [-0.05, 0) is 24.3 Å². The molecular weight excluding hydrogens is 236 g/mol. The maximum absolute atomic E-state index is 12.3. The first kappa shape index (κ1) is 13.6. The van der Waals surface area contributed by atoms with Crippen molar-refractivity contribution in [2.45, 2.75) is 32.2 Å². The van der Waals surface area contributed by atoms with Gasteiger partial charge in [-0.2, -0.15) is 0 Å². The van der Waals surface area contributed by atoms with Crippen LogP contribution in [-0.4, -0.2) is 11.4 Å². The number of hydrogen-bond acceptors (Lipinski definition) is 2. The molecule has 0 saturated heterocycles. The van der Waals surface area contributed by atoms with E-state index in [9.17, 15) is 4.79 Å². The average molecular weight is 256 g/mol. The van der Waals surface area contributed by atoms with E-state index in [0.717, 1.165) is 16.5 Å². The lowest BCUT2D eigenvalue weighted by molar-refractivity contribution is -0.121. The summed E-state index contributed by atoms with van der Waals surface area (Å²) in [7, 11) is 0. The van der Waals surface area contributed by atoms with E-state index in [-0.39, 0.29) is 5.91 Å². The van der Waals surface area contributed by atoms with Gasteiger partial charge in [0.1, 0.15) is 0 Å². The van der Waals surface area contributed by atoms with Gasteiger partial charge in [0.15, 0.2) is 0 Å². The van der Waals surface area contributed by atoms with E-state index in [1.165, 1.54) is 0 Å². The number of nitrogens with one attached hydrogen (secondary N) is 1. The van der Waals surface area contributed by atoms with Crippen LogP contribution in [0.15, 0.2) is 42.5 Å². The molecule has 1 amide bonds. The topological polar surface area (TPSA) is 55.1 Å². The summed E-state index contributed by atoms with van der Waals surface area (Å²) in [5, 5.41) is 5.11. The van der Waals surface area contributed by atoms with Crippen LogP contribution >= 0.6 is 0 Å². The van der Waals surface area contributed by atoms with E-state index >= 15 is 0 Å². The zero-order valence-electron chi connectivity index (χ0n) is 11.4. The summed E-state index contributed by atoms with van der Waals surface area (Å²) in [6, 6.07) is 13.9. The van der Waals surface area contributed by atoms with Crippen LogP contribution in [0, 0.1) is 0 Å². The van der Waals surface area contributed by atoms with Gasteiger partial charge in [-0.25, -0.2) is 0 Å². The fraction of sp³-hybridized carbons (Fsp3) is 0.312. The Kier molecular flexibility index (Phi) is 3.86. The van der Waals surface area contributed by atoms with Gasteiger partial charge >= 0.3 is 0 Å². The van der Waals surface area contributed by atoms with Gasteiger partial charge in [-0.1, -0.05) is 50.2 Å². The summed E-state index contributed by atoms with van der Waals surface area (Å²) in [6.07, 6.45) is 1.25. The van der Waals surface area contributed by atoms with Crippen molar-refractivity contribution < 1.29 is 4.79 Å². The molecule has 3 heteroatoms. The zero-order chi connectivity index (χ0) is 13.9. The molecule has 2 rings (SSSR count). The highest BCUT2D eigenvalue weighted by Crippen LogP contribution is 2.24. The lowest BCUT2D eigenvalue weighted by Gasteiger charge is -2.25. The second-order valence-electron chi connectivity index (χ2n) is 4.84. The summed E-state index contributed by atoms with van der Waals surface area (Å²) >= 11 is 0. The molecule has 0 unspecified atom stereocenters. The summed E-state index contributed by atoms with van der Waals surface area (Å²) in [5.41, 5.74) is 6.14. The van der Waals surface area contributed by atoms with Crippen molar-refractivity contribution in [2.24, 2.45) is 5.73 Å². The standard InChI is InChI=1S/C16H20N2O/c1-3-16(17,4-2)15(19)18-14-11-7-9-12-8-5-6-10-13(12)14/h5-11H,3-4,17H2,1-2H3,(H,18,19). The maximum atomic E-state index is 12.3. The molecule has 0 aromatic heterocycles. The second kappa shape index (κ2) is 5.41.